The molecule has 0 fully saturated rings. The van der Waals surface area contributed by atoms with Gasteiger partial charge in [0, 0.05) is 16.0 Å². The maximum Gasteiger partial charge on any atom is 0.337 e. The van der Waals surface area contributed by atoms with Gasteiger partial charge in [0.1, 0.15) is 0 Å². The zero-order valence-electron chi connectivity index (χ0n) is 11.0. The number of carboxylic acids is 1. The molecule has 1 N–H and O–H groups in total. The molecule has 6 heteroatoms. The molecule has 0 aliphatic rings. The number of carbonyl (C=O) groups is 2. The highest BCUT2D eigenvalue weighted by atomic mass is 79.9. The SMILES string of the molecule is CN(C(=O)c1ccc(Br)cc1Br)c1ccccc1C(=O)O. The van der Waals surface area contributed by atoms with Gasteiger partial charge < -0.3 is 10.0 Å². The van der Waals surface area contributed by atoms with Crippen LogP contribution < -0.4 is 4.90 Å². The number of amides is 1. The largest absolute Gasteiger partial charge is 0.478 e. The normalized spacial score (nSPS) is 10.2. The molecule has 2 aromatic carbocycles. The van der Waals surface area contributed by atoms with Crippen molar-refractivity contribution in [2.75, 3.05) is 11.9 Å². The molecule has 0 spiro atoms. The van der Waals surface area contributed by atoms with E-state index in [0.29, 0.717) is 15.7 Å². The highest BCUT2D eigenvalue weighted by molar-refractivity contribution is 9.11. The third-order valence-electron chi connectivity index (χ3n) is 2.96. The van der Waals surface area contributed by atoms with Crippen molar-refractivity contribution in [2.24, 2.45) is 0 Å². The Hall–Kier alpha value is -1.66. The first kappa shape index (κ1) is 15.7. The van der Waals surface area contributed by atoms with Gasteiger partial charge >= 0.3 is 5.97 Å². The predicted octanol–water partition coefficient (Wildman–Crippen LogP) is 4.19. The number of nitrogens with zero attached hydrogens (tertiary/aromatic N) is 1. The summed E-state index contributed by atoms with van der Waals surface area (Å²) in [5.74, 6) is -1.36. The molecule has 2 rings (SSSR count). The Bertz CT molecular complexity index is 716. The topological polar surface area (TPSA) is 57.6 Å². The van der Waals surface area contributed by atoms with Crippen molar-refractivity contribution >= 4 is 49.4 Å². The maximum atomic E-state index is 12.5. The zero-order chi connectivity index (χ0) is 15.6. The quantitative estimate of drug-likeness (QED) is 0.822. The van der Waals surface area contributed by atoms with E-state index in [9.17, 15) is 14.7 Å². The first-order valence-corrected chi connectivity index (χ1v) is 7.56. The van der Waals surface area contributed by atoms with E-state index in [0.717, 1.165) is 4.47 Å². The van der Waals surface area contributed by atoms with Crippen molar-refractivity contribution in [3.8, 4) is 0 Å². The molecule has 0 radical (unpaired) electrons. The minimum Gasteiger partial charge on any atom is -0.478 e. The summed E-state index contributed by atoms with van der Waals surface area (Å²) in [7, 11) is 1.55. The van der Waals surface area contributed by atoms with Gasteiger partial charge in [-0.15, -0.1) is 0 Å². The highest BCUT2D eigenvalue weighted by Crippen LogP contribution is 2.26. The number of benzene rings is 2. The molecule has 108 valence electrons. The first-order valence-electron chi connectivity index (χ1n) is 5.97. The van der Waals surface area contributed by atoms with Gasteiger partial charge in [0.2, 0.25) is 0 Å². The van der Waals surface area contributed by atoms with E-state index in [4.69, 9.17) is 0 Å². The average molecular weight is 413 g/mol. The number of para-hydroxylation sites is 1. The fraction of sp³-hybridized carbons (Fsp3) is 0.0667. The van der Waals surface area contributed by atoms with Crippen LogP contribution in [0.15, 0.2) is 51.4 Å². The van der Waals surface area contributed by atoms with Gasteiger partial charge in [-0.1, -0.05) is 28.1 Å². The van der Waals surface area contributed by atoms with E-state index in [2.05, 4.69) is 31.9 Å². The fourth-order valence-electron chi connectivity index (χ4n) is 1.90. The summed E-state index contributed by atoms with van der Waals surface area (Å²) in [4.78, 5) is 25.1. The molecule has 2 aromatic rings. The Labute approximate surface area is 138 Å². The smallest absolute Gasteiger partial charge is 0.337 e. The van der Waals surface area contributed by atoms with Crippen molar-refractivity contribution < 1.29 is 14.7 Å². The molecule has 0 atom stereocenters. The molecule has 0 aromatic heterocycles. The van der Waals surface area contributed by atoms with Crippen LogP contribution in [0.2, 0.25) is 0 Å². The Balaban J connectivity index is 2.42. The summed E-state index contributed by atoms with van der Waals surface area (Å²) in [6, 6.07) is 11.6. The third kappa shape index (κ3) is 3.33. The summed E-state index contributed by atoms with van der Waals surface area (Å²) < 4.78 is 1.49. The summed E-state index contributed by atoms with van der Waals surface area (Å²) in [6.45, 7) is 0. The van der Waals surface area contributed by atoms with Gasteiger partial charge in [0.25, 0.3) is 5.91 Å². The number of halogens is 2. The van der Waals surface area contributed by atoms with Crippen LogP contribution in [-0.4, -0.2) is 24.0 Å². The number of carbonyl (C=O) groups excluding carboxylic acids is 1. The number of anilines is 1. The van der Waals surface area contributed by atoms with Crippen LogP contribution in [0.1, 0.15) is 20.7 Å². The van der Waals surface area contributed by atoms with E-state index >= 15 is 0 Å². The summed E-state index contributed by atoms with van der Waals surface area (Å²) in [5.41, 5.74) is 0.896. The summed E-state index contributed by atoms with van der Waals surface area (Å²) in [5, 5.41) is 9.20. The lowest BCUT2D eigenvalue weighted by Crippen LogP contribution is -2.28. The van der Waals surface area contributed by atoms with Gasteiger partial charge in [0.15, 0.2) is 0 Å². The van der Waals surface area contributed by atoms with Crippen LogP contribution in [0.5, 0.6) is 0 Å². The molecule has 0 saturated carbocycles. The van der Waals surface area contributed by atoms with Gasteiger partial charge in [-0.05, 0) is 46.3 Å². The van der Waals surface area contributed by atoms with Crippen LogP contribution in [0.3, 0.4) is 0 Å². The second kappa shape index (κ2) is 6.41. The second-order valence-corrected chi connectivity index (χ2v) is 6.08. The number of carboxylic acid groups (broad SMARTS) is 1. The predicted molar refractivity (Wildman–Crippen MR) is 88.0 cm³/mol. The Morgan fingerprint density at radius 2 is 1.71 bits per heavy atom. The average Bonchev–Trinajstić information content (AvgIpc) is 2.45. The van der Waals surface area contributed by atoms with E-state index in [1.54, 1.807) is 43.4 Å². The first-order chi connectivity index (χ1) is 9.91. The fourth-order valence-corrected chi connectivity index (χ4v) is 3.12. The van der Waals surface area contributed by atoms with Gasteiger partial charge in [0.05, 0.1) is 16.8 Å². The van der Waals surface area contributed by atoms with Crippen molar-refractivity contribution in [3.05, 3.63) is 62.5 Å². The number of hydrogen-bond acceptors (Lipinski definition) is 2. The zero-order valence-corrected chi connectivity index (χ0v) is 14.2. The highest BCUT2D eigenvalue weighted by Gasteiger charge is 2.20. The molecular formula is C15H11Br2NO3. The minimum absolute atomic E-state index is 0.0848. The summed E-state index contributed by atoms with van der Waals surface area (Å²) >= 11 is 6.67. The van der Waals surface area contributed by atoms with Crippen molar-refractivity contribution in [1.82, 2.24) is 0 Å². The Morgan fingerprint density at radius 3 is 2.33 bits per heavy atom. The van der Waals surface area contributed by atoms with E-state index in [1.807, 2.05) is 0 Å². The van der Waals surface area contributed by atoms with Crippen LogP contribution in [0.25, 0.3) is 0 Å². The molecule has 0 unspecified atom stereocenters. The second-order valence-electron chi connectivity index (χ2n) is 4.31. The van der Waals surface area contributed by atoms with Crippen molar-refractivity contribution in [1.29, 1.82) is 0 Å². The van der Waals surface area contributed by atoms with Gasteiger partial charge in [-0.3, -0.25) is 4.79 Å². The molecule has 0 aliphatic carbocycles. The molecule has 4 nitrogen and oxygen atoms in total. The molecule has 1 amide bonds. The maximum absolute atomic E-state index is 12.5. The molecule has 0 heterocycles. The number of aromatic carboxylic acids is 1. The molecule has 21 heavy (non-hydrogen) atoms. The van der Waals surface area contributed by atoms with E-state index < -0.39 is 5.97 Å². The van der Waals surface area contributed by atoms with Crippen LogP contribution in [0.4, 0.5) is 5.69 Å². The minimum atomic E-state index is -1.07. The molecule has 0 bridgehead atoms. The Morgan fingerprint density at radius 1 is 1.05 bits per heavy atom. The Kier molecular flexibility index (Phi) is 4.80. The van der Waals surface area contributed by atoms with Crippen LogP contribution in [0, 0.1) is 0 Å². The standard InChI is InChI=1S/C15H11Br2NO3/c1-18(13-5-3-2-4-11(13)15(20)21)14(19)10-7-6-9(16)8-12(10)17/h2-8H,1H3,(H,20,21). The third-order valence-corrected chi connectivity index (χ3v) is 4.11. The van der Waals surface area contributed by atoms with Crippen LogP contribution >= 0.6 is 31.9 Å². The van der Waals surface area contributed by atoms with Crippen molar-refractivity contribution in [3.63, 3.8) is 0 Å². The van der Waals surface area contributed by atoms with Gasteiger partial charge in [-0.25, -0.2) is 4.79 Å². The lowest BCUT2D eigenvalue weighted by Gasteiger charge is -2.20. The van der Waals surface area contributed by atoms with Crippen LogP contribution in [-0.2, 0) is 0 Å². The van der Waals surface area contributed by atoms with Gasteiger partial charge in [-0.2, -0.15) is 0 Å². The molecular weight excluding hydrogens is 402 g/mol. The van der Waals surface area contributed by atoms with E-state index in [-0.39, 0.29) is 11.5 Å². The number of rotatable bonds is 3. The monoisotopic (exact) mass is 411 g/mol. The van der Waals surface area contributed by atoms with Crippen molar-refractivity contribution in [2.45, 2.75) is 0 Å². The van der Waals surface area contributed by atoms with E-state index in [1.165, 1.54) is 11.0 Å². The molecule has 0 saturated heterocycles. The molecule has 0 aliphatic heterocycles. The lowest BCUT2D eigenvalue weighted by atomic mass is 10.1. The number of hydrogen-bond donors (Lipinski definition) is 1. The lowest BCUT2D eigenvalue weighted by molar-refractivity contribution is 0.0697. The summed E-state index contributed by atoms with van der Waals surface area (Å²) in [6.07, 6.45) is 0.